The van der Waals surface area contributed by atoms with Crippen molar-refractivity contribution in [2.24, 2.45) is 0 Å². The number of hydrogen-bond acceptors (Lipinski definition) is 7. The highest BCUT2D eigenvalue weighted by Crippen LogP contribution is 2.25. The summed E-state index contributed by atoms with van der Waals surface area (Å²) in [6.45, 7) is 3.22. The van der Waals surface area contributed by atoms with Crippen LogP contribution in [0.2, 0.25) is 0 Å². The highest BCUT2D eigenvalue weighted by atomic mass is 16.6. The van der Waals surface area contributed by atoms with Crippen molar-refractivity contribution in [3.05, 3.63) is 56.6 Å². The first-order chi connectivity index (χ1) is 11.5. The predicted octanol–water partition coefficient (Wildman–Crippen LogP) is 0.706. The fraction of sp³-hybridized carbons (Fsp3) is 0.333. The fourth-order valence-electron chi connectivity index (χ4n) is 2.72. The highest BCUT2D eigenvalue weighted by molar-refractivity contribution is 5.43. The van der Waals surface area contributed by atoms with Crippen LogP contribution in [0.25, 0.3) is 0 Å². The van der Waals surface area contributed by atoms with Gasteiger partial charge in [0.1, 0.15) is 11.6 Å². The van der Waals surface area contributed by atoms with Crippen LogP contribution in [0.15, 0.2) is 35.4 Å². The third-order valence-electron chi connectivity index (χ3n) is 4.03. The van der Waals surface area contributed by atoms with Crippen LogP contribution >= 0.6 is 0 Å². The van der Waals surface area contributed by atoms with E-state index in [9.17, 15) is 20.0 Å². The molecular weight excluding hydrogens is 314 g/mol. The monoisotopic (exact) mass is 331 g/mol. The highest BCUT2D eigenvalue weighted by Gasteiger charge is 2.20. The molecule has 1 aromatic carbocycles. The van der Waals surface area contributed by atoms with Crippen LogP contribution in [0.4, 0.5) is 11.5 Å². The average molecular weight is 331 g/mol. The van der Waals surface area contributed by atoms with Gasteiger partial charge in [0.05, 0.1) is 11.3 Å². The molecule has 0 saturated carbocycles. The topological polar surface area (TPSA) is 116 Å². The SMILES string of the molecule is O=c1cc(N2CCN(Cc3cc([N+](=O)[O-])ccc3O)CC2)nc[nH]1. The summed E-state index contributed by atoms with van der Waals surface area (Å²) in [6, 6.07) is 5.50. The minimum Gasteiger partial charge on any atom is -0.508 e. The van der Waals surface area contributed by atoms with E-state index in [4.69, 9.17) is 0 Å². The Hall–Kier alpha value is -2.94. The van der Waals surface area contributed by atoms with Crippen LogP contribution in [0.1, 0.15) is 5.56 Å². The Balaban J connectivity index is 1.64. The first-order valence-electron chi connectivity index (χ1n) is 7.51. The molecule has 1 saturated heterocycles. The first-order valence-corrected chi connectivity index (χ1v) is 7.51. The van der Waals surface area contributed by atoms with Gasteiger partial charge >= 0.3 is 0 Å². The molecule has 2 heterocycles. The molecule has 1 fully saturated rings. The van der Waals surface area contributed by atoms with E-state index in [1.54, 1.807) is 0 Å². The number of benzene rings is 1. The van der Waals surface area contributed by atoms with E-state index in [1.165, 1.54) is 30.6 Å². The van der Waals surface area contributed by atoms with Gasteiger partial charge < -0.3 is 15.0 Å². The van der Waals surface area contributed by atoms with Crippen molar-refractivity contribution in [2.75, 3.05) is 31.1 Å². The molecule has 3 rings (SSSR count). The molecule has 0 spiro atoms. The molecule has 1 aliphatic heterocycles. The van der Waals surface area contributed by atoms with E-state index in [1.807, 2.05) is 4.90 Å². The number of piperazine rings is 1. The van der Waals surface area contributed by atoms with Gasteiger partial charge in [0.15, 0.2) is 0 Å². The summed E-state index contributed by atoms with van der Waals surface area (Å²) in [5.41, 5.74) is 0.310. The van der Waals surface area contributed by atoms with Crippen molar-refractivity contribution in [1.82, 2.24) is 14.9 Å². The molecule has 0 bridgehead atoms. The summed E-state index contributed by atoms with van der Waals surface area (Å²) in [4.78, 5) is 32.5. The number of phenolic OH excluding ortho intramolecular Hbond substituents is 1. The molecule has 0 unspecified atom stereocenters. The predicted molar refractivity (Wildman–Crippen MR) is 87.1 cm³/mol. The maximum Gasteiger partial charge on any atom is 0.270 e. The summed E-state index contributed by atoms with van der Waals surface area (Å²) in [5.74, 6) is 0.691. The van der Waals surface area contributed by atoms with Crippen LogP contribution in [0, 0.1) is 10.1 Å². The van der Waals surface area contributed by atoms with Crippen molar-refractivity contribution in [3.63, 3.8) is 0 Å². The Bertz CT molecular complexity index is 798. The molecule has 0 atom stereocenters. The van der Waals surface area contributed by atoms with Gasteiger partial charge in [-0.05, 0) is 6.07 Å². The smallest absolute Gasteiger partial charge is 0.270 e. The Labute approximate surface area is 137 Å². The number of H-pyrrole nitrogens is 1. The number of rotatable bonds is 4. The Morgan fingerprint density at radius 1 is 1.25 bits per heavy atom. The van der Waals surface area contributed by atoms with Gasteiger partial charge in [-0.25, -0.2) is 4.98 Å². The van der Waals surface area contributed by atoms with Crippen LogP contribution in [0.3, 0.4) is 0 Å². The summed E-state index contributed by atoms with van der Waals surface area (Å²) >= 11 is 0. The van der Waals surface area contributed by atoms with Gasteiger partial charge in [0.2, 0.25) is 0 Å². The second kappa shape index (κ2) is 6.67. The lowest BCUT2D eigenvalue weighted by Gasteiger charge is -2.35. The van der Waals surface area contributed by atoms with Crippen LogP contribution in [-0.4, -0.2) is 51.1 Å². The molecule has 2 aromatic rings. The number of anilines is 1. The van der Waals surface area contributed by atoms with E-state index >= 15 is 0 Å². The third kappa shape index (κ3) is 3.51. The Kier molecular flexibility index (Phi) is 4.43. The Morgan fingerprint density at radius 3 is 2.67 bits per heavy atom. The van der Waals surface area contributed by atoms with Crippen LogP contribution in [0.5, 0.6) is 5.75 Å². The number of phenols is 1. The number of nitro groups is 1. The molecule has 126 valence electrons. The molecule has 9 nitrogen and oxygen atoms in total. The second-order valence-corrected chi connectivity index (χ2v) is 5.60. The molecule has 1 aromatic heterocycles. The molecule has 9 heteroatoms. The Morgan fingerprint density at radius 2 is 2.00 bits per heavy atom. The number of aromatic nitrogens is 2. The number of nitrogens with one attached hydrogen (secondary N) is 1. The van der Waals surface area contributed by atoms with E-state index in [-0.39, 0.29) is 17.0 Å². The van der Waals surface area contributed by atoms with E-state index < -0.39 is 4.92 Å². The molecule has 0 radical (unpaired) electrons. The molecule has 0 aliphatic carbocycles. The van der Waals surface area contributed by atoms with E-state index in [2.05, 4.69) is 14.9 Å². The lowest BCUT2D eigenvalue weighted by Crippen LogP contribution is -2.46. The molecule has 2 N–H and O–H groups in total. The fourth-order valence-corrected chi connectivity index (χ4v) is 2.72. The van der Waals surface area contributed by atoms with Gasteiger partial charge in [0, 0.05) is 56.5 Å². The van der Waals surface area contributed by atoms with Gasteiger partial charge in [-0.15, -0.1) is 0 Å². The van der Waals surface area contributed by atoms with Gasteiger partial charge in [0.25, 0.3) is 11.2 Å². The number of aromatic hydroxyl groups is 1. The summed E-state index contributed by atoms with van der Waals surface area (Å²) in [5, 5.41) is 20.8. The van der Waals surface area contributed by atoms with Crippen molar-refractivity contribution < 1.29 is 10.0 Å². The zero-order valence-corrected chi connectivity index (χ0v) is 12.9. The maximum atomic E-state index is 11.3. The third-order valence-corrected chi connectivity index (χ3v) is 4.03. The largest absolute Gasteiger partial charge is 0.508 e. The molecular formula is C15H17N5O4. The molecule has 0 amide bonds. The van der Waals surface area contributed by atoms with Crippen molar-refractivity contribution in [1.29, 1.82) is 0 Å². The van der Waals surface area contributed by atoms with E-state index in [0.29, 0.717) is 44.1 Å². The van der Waals surface area contributed by atoms with Gasteiger partial charge in [-0.2, -0.15) is 0 Å². The minimum atomic E-state index is -0.473. The number of non-ortho nitro benzene ring substituents is 1. The van der Waals surface area contributed by atoms with E-state index in [0.717, 1.165) is 0 Å². The summed E-state index contributed by atoms with van der Waals surface area (Å²) in [7, 11) is 0. The minimum absolute atomic E-state index is 0.0332. The van der Waals surface area contributed by atoms with Crippen molar-refractivity contribution in [2.45, 2.75) is 6.54 Å². The summed E-state index contributed by atoms with van der Waals surface area (Å²) < 4.78 is 0. The van der Waals surface area contributed by atoms with Crippen molar-refractivity contribution in [3.8, 4) is 5.75 Å². The standard InChI is InChI=1S/C15H17N5O4/c21-13-2-1-12(20(23)24)7-11(13)9-18-3-5-19(6-4-18)14-8-15(22)17-10-16-14/h1-2,7-8,10,21H,3-6,9H2,(H,16,17,22). The molecule has 24 heavy (non-hydrogen) atoms. The quantitative estimate of drug-likeness (QED) is 0.626. The lowest BCUT2D eigenvalue weighted by molar-refractivity contribution is -0.385. The van der Waals surface area contributed by atoms with Crippen molar-refractivity contribution >= 4 is 11.5 Å². The second-order valence-electron chi connectivity index (χ2n) is 5.60. The average Bonchev–Trinajstić information content (AvgIpc) is 2.57. The zero-order chi connectivity index (χ0) is 17.1. The number of aromatic amines is 1. The summed E-state index contributed by atoms with van der Waals surface area (Å²) in [6.07, 6.45) is 1.38. The normalized spacial score (nSPS) is 15.4. The van der Waals surface area contributed by atoms with Crippen LogP contribution < -0.4 is 10.5 Å². The number of nitro benzene ring substituents is 1. The zero-order valence-electron chi connectivity index (χ0n) is 12.9. The van der Waals surface area contributed by atoms with Gasteiger partial charge in [-0.1, -0.05) is 0 Å². The maximum absolute atomic E-state index is 11.3. The number of nitrogens with zero attached hydrogens (tertiary/aromatic N) is 4. The van der Waals surface area contributed by atoms with Gasteiger partial charge in [-0.3, -0.25) is 19.8 Å². The molecule has 1 aliphatic rings. The first kappa shape index (κ1) is 15.9. The lowest BCUT2D eigenvalue weighted by atomic mass is 10.1. The number of hydrogen-bond donors (Lipinski definition) is 2. The van der Waals surface area contributed by atoms with Crippen LogP contribution in [-0.2, 0) is 6.54 Å².